The van der Waals surface area contributed by atoms with Crippen LogP contribution in [-0.2, 0) is 11.2 Å². The summed E-state index contributed by atoms with van der Waals surface area (Å²) in [5.74, 6) is 0.409. The van der Waals surface area contributed by atoms with Gasteiger partial charge in [0.2, 0.25) is 0 Å². The Hall–Kier alpha value is -2.34. The number of imidazole rings is 1. The monoisotopic (exact) mass is 344 g/mol. The molecule has 24 heavy (non-hydrogen) atoms. The van der Waals surface area contributed by atoms with Crippen LogP contribution in [0.5, 0.6) is 5.75 Å². The molecule has 0 fully saturated rings. The molecule has 126 valence electrons. The van der Waals surface area contributed by atoms with Crippen molar-refractivity contribution in [3.63, 3.8) is 0 Å². The second-order valence-electron chi connectivity index (χ2n) is 5.93. The maximum absolute atomic E-state index is 10.8. The third-order valence-corrected chi connectivity index (χ3v) is 4.77. The van der Waals surface area contributed by atoms with Crippen LogP contribution in [0.1, 0.15) is 37.1 Å². The molecule has 2 aromatic heterocycles. The number of fused-ring (bicyclic) bond motifs is 1. The van der Waals surface area contributed by atoms with E-state index in [1.165, 1.54) is 16.9 Å². The highest BCUT2D eigenvalue weighted by atomic mass is 32.1. The minimum atomic E-state index is -0.831. The lowest BCUT2D eigenvalue weighted by Gasteiger charge is -2.12. The molecule has 0 aliphatic carbocycles. The number of hydrogen-bond acceptors (Lipinski definition) is 4. The molecule has 3 rings (SSSR count). The van der Waals surface area contributed by atoms with E-state index in [9.17, 15) is 4.79 Å². The van der Waals surface area contributed by atoms with E-state index in [0.29, 0.717) is 12.5 Å². The van der Waals surface area contributed by atoms with E-state index in [4.69, 9.17) is 9.84 Å². The Balaban J connectivity index is 2.03. The zero-order chi connectivity index (χ0) is 17.3. The lowest BCUT2D eigenvalue weighted by Crippen LogP contribution is -1.97. The van der Waals surface area contributed by atoms with Gasteiger partial charge in [0.25, 0.3) is 0 Å². The van der Waals surface area contributed by atoms with Gasteiger partial charge in [0.05, 0.1) is 18.7 Å². The normalized spacial score (nSPS) is 11.3. The highest BCUT2D eigenvalue weighted by Crippen LogP contribution is 2.34. The van der Waals surface area contributed by atoms with E-state index in [2.05, 4.69) is 31.0 Å². The van der Waals surface area contributed by atoms with Crippen molar-refractivity contribution in [2.24, 2.45) is 0 Å². The second-order valence-corrected chi connectivity index (χ2v) is 7.02. The van der Waals surface area contributed by atoms with Crippen LogP contribution in [0.4, 0.5) is 0 Å². The number of thiazole rings is 1. The third kappa shape index (κ3) is 3.28. The number of carboxylic acid groups (broad SMARTS) is 1. The predicted molar refractivity (Wildman–Crippen MR) is 95.1 cm³/mol. The molecule has 0 saturated carbocycles. The quantitative estimate of drug-likeness (QED) is 0.727. The van der Waals surface area contributed by atoms with Gasteiger partial charge in [0.1, 0.15) is 5.75 Å². The molecule has 0 spiro atoms. The number of aliphatic carboxylic acids is 1. The summed E-state index contributed by atoms with van der Waals surface area (Å²) in [4.78, 5) is 17.1. The molecule has 2 heterocycles. The molecule has 0 radical (unpaired) electrons. The summed E-state index contributed by atoms with van der Waals surface area (Å²) in [5, 5.41) is 8.90. The molecule has 1 N–H and O–H groups in total. The first-order valence-corrected chi connectivity index (χ1v) is 8.76. The summed E-state index contributed by atoms with van der Waals surface area (Å²) in [7, 11) is 0. The van der Waals surface area contributed by atoms with E-state index < -0.39 is 5.97 Å². The van der Waals surface area contributed by atoms with E-state index >= 15 is 0 Å². The summed E-state index contributed by atoms with van der Waals surface area (Å²) < 4.78 is 7.64. The Morgan fingerprint density at radius 1 is 1.38 bits per heavy atom. The van der Waals surface area contributed by atoms with Crippen LogP contribution in [0, 0.1) is 0 Å². The largest absolute Gasteiger partial charge is 0.493 e. The predicted octanol–water partition coefficient (Wildman–Crippen LogP) is 4.21. The Labute approximate surface area is 144 Å². The van der Waals surface area contributed by atoms with Crippen LogP contribution in [0.3, 0.4) is 0 Å². The molecular formula is C18H20N2O3S. The Morgan fingerprint density at radius 3 is 2.79 bits per heavy atom. The number of aromatic nitrogens is 2. The van der Waals surface area contributed by atoms with Crippen molar-refractivity contribution in [3.8, 4) is 17.0 Å². The Morgan fingerprint density at radius 2 is 2.17 bits per heavy atom. The molecule has 5 nitrogen and oxygen atoms in total. The van der Waals surface area contributed by atoms with Gasteiger partial charge in [-0.2, -0.15) is 0 Å². The van der Waals surface area contributed by atoms with E-state index in [-0.39, 0.29) is 6.42 Å². The molecular weight excluding hydrogens is 324 g/mol. The molecule has 0 bridgehead atoms. The van der Waals surface area contributed by atoms with Gasteiger partial charge in [-0.3, -0.25) is 9.20 Å². The number of carbonyl (C=O) groups is 1. The highest BCUT2D eigenvalue weighted by molar-refractivity contribution is 7.17. The molecule has 0 saturated heterocycles. The van der Waals surface area contributed by atoms with E-state index in [0.717, 1.165) is 26.8 Å². The van der Waals surface area contributed by atoms with Crippen LogP contribution >= 0.6 is 11.3 Å². The van der Waals surface area contributed by atoms with Gasteiger partial charge in [-0.15, -0.1) is 11.3 Å². The lowest BCUT2D eigenvalue weighted by atomic mass is 9.99. The van der Waals surface area contributed by atoms with Crippen molar-refractivity contribution < 1.29 is 14.6 Å². The molecule has 6 heteroatoms. The van der Waals surface area contributed by atoms with Crippen molar-refractivity contribution in [1.29, 1.82) is 0 Å². The van der Waals surface area contributed by atoms with Gasteiger partial charge in [-0.25, -0.2) is 4.98 Å². The molecule has 3 aromatic rings. The smallest absolute Gasteiger partial charge is 0.308 e. The maximum atomic E-state index is 10.8. The third-order valence-electron chi connectivity index (χ3n) is 3.78. The number of carboxylic acids is 1. The van der Waals surface area contributed by atoms with Gasteiger partial charge >= 0.3 is 5.97 Å². The molecule has 0 aliphatic heterocycles. The average molecular weight is 344 g/mol. The second kappa shape index (κ2) is 6.65. The fraction of sp³-hybridized carbons (Fsp3) is 0.333. The first kappa shape index (κ1) is 16.5. The lowest BCUT2D eigenvalue weighted by molar-refractivity contribution is -0.136. The standard InChI is InChI=1S/C18H20N2O3S/c1-4-23-16-6-5-12(11(2)3)7-14(16)15-10-20-9-13(8-17(21)22)24-18(20)19-15/h5-7,9-11H,4,8H2,1-3H3,(H,21,22). The zero-order valence-corrected chi connectivity index (χ0v) is 14.8. The van der Waals surface area contributed by atoms with Crippen LogP contribution in [-0.4, -0.2) is 27.1 Å². The first-order chi connectivity index (χ1) is 11.5. The van der Waals surface area contributed by atoms with Crippen molar-refractivity contribution >= 4 is 22.3 Å². The number of rotatable bonds is 6. The van der Waals surface area contributed by atoms with Crippen LogP contribution in [0.2, 0.25) is 0 Å². The van der Waals surface area contributed by atoms with Crippen molar-refractivity contribution in [2.45, 2.75) is 33.1 Å². The molecule has 0 unspecified atom stereocenters. The van der Waals surface area contributed by atoms with Crippen LogP contribution in [0.25, 0.3) is 16.2 Å². The van der Waals surface area contributed by atoms with E-state index in [1.54, 1.807) is 0 Å². The minimum Gasteiger partial charge on any atom is -0.493 e. The topological polar surface area (TPSA) is 63.8 Å². The summed E-state index contributed by atoms with van der Waals surface area (Å²) in [6.45, 7) is 6.87. The van der Waals surface area contributed by atoms with Crippen molar-refractivity contribution in [3.05, 3.63) is 41.0 Å². The van der Waals surface area contributed by atoms with E-state index in [1.807, 2.05) is 29.8 Å². The minimum absolute atomic E-state index is 0.0242. The fourth-order valence-corrected chi connectivity index (χ4v) is 3.54. The number of ether oxygens (including phenoxy) is 1. The van der Waals surface area contributed by atoms with Crippen LogP contribution in [0.15, 0.2) is 30.6 Å². The molecule has 0 aliphatic rings. The van der Waals surface area contributed by atoms with Gasteiger partial charge in [-0.1, -0.05) is 19.9 Å². The molecule has 0 amide bonds. The maximum Gasteiger partial charge on any atom is 0.308 e. The Bertz CT molecular complexity index is 848. The zero-order valence-electron chi connectivity index (χ0n) is 13.9. The first-order valence-electron chi connectivity index (χ1n) is 7.94. The number of hydrogen-bond donors (Lipinski definition) is 1. The summed E-state index contributed by atoms with van der Waals surface area (Å²) in [6.07, 6.45) is 3.78. The van der Waals surface area contributed by atoms with Gasteiger partial charge < -0.3 is 9.84 Å². The van der Waals surface area contributed by atoms with Gasteiger partial charge in [0.15, 0.2) is 4.96 Å². The summed E-state index contributed by atoms with van der Waals surface area (Å²) >= 11 is 1.40. The molecule has 1 aromatic carbocycles. The van der Waals surface area contributed by atoms with Gasteiger partial charge in [0, 0.05) is 22.8 Å². The fourth-order valence-electron chi connectivity index (χ4n) is 2.59. The van der Waals surface area contributed by atoms with Crippen molar-refractivity contribution in [1.82, 2.24) is 9.38 Å². The number of nitrogens with zero attached hydrogens (tertiary/aromatic N) is 2. The van der Waals surface area contributed by atoms with Gasteiger partial charge in [-0.05, 0) is 30.5 Å². The van der Waals surface area contributed by atoms with Crippen molar-refractivity contribution in [2.75, 3.05) is 6.61 Å². The molecule has 0 atom stereocenters. The summed E-state index contributed by atoms with van der Waals surface area (Å²) in [6, 6.07) is 6.21. The number of benzene rings is 1. The SMILES string of the molecule is CCOc1ccc(C(C)C)cc1-c1cn2cc(CC(=O)O)sc2n1. The average Bonchev–Trinajstić information content (AvgIpc) is 3.05. The van der Waals surface area contributed by atoms with Crippen LogP contribution < -0.4 is 4.74 Å². The summed E-state index contributed by atoms with van der Waals surface area (Å²) in [5.41, 5.74) is 3.05. The Kier molecular flexibility index (Phi) is 4.57. The highest BCUT2D eigenvalue weighted by Gasteiger charge is 2.15.